The Hall–Kier alpha value is -3.14. The maximum absolute atomic E-state index is 13.6. The lowest BCUT2D eigenvalue weighted by Crippen LogP contribution is -2.59. The number of rotatable bonds is 7. The number of hydrogen-bond acceptors (Lipinski definition) is 5. The van der Waals surface area contributed by atoms with Gasteiger partial charge in [-0.05, 0) is 67.7 Å². The first-order valence-electron chi connectivity index (χ1n) is 12.8. The Morgan fingerprint density at radius 1 is 1.08 bits per heavy atom. The summed E-state index contributed by atoms with van der Waals surface area (Å²) in [6, 6.07) is 9.52. The van der Waals surface area contributed by atoms with Gasteiger partial charge in [-0.3, -0.25) is 4.79 Å². The van der Waals surface area contributed by atoms with E-state index in [1.165, 1.54) is 0 Å². The molecule has 4 aliphatic rings. The van der Waals surface area contributed by atoms with Crippen LogP contribution in [0.15, 0.2) is 41.8 Å². The number of carboxylic acids is 1. The minimum atomic E-state index is -4.55. The van der Waals surface area contributed by atoms with Crippen molar-refractivity contribution >= 4 is 34.0 Å². The van der Waals surface area contributed by atoms with Crippen molar-refractivity contribution in [3.05, 3.63) is 58.0 Å². The van der Waals surface area contributed by atoms with Gasteiger partial charge >= 0.3 is 12.1 Å². The van der Waals surface area contributed by atoms with Crippen LogP contribution >= 0.6 is 11.3 Å². The zero-order chi connectivity index (χ0) is 26.7. The minimum Gasteiger partial charge on any atom is -0.485 e. The van der Waals surface area contributed by atoms with Gasteiger partial charge in [0.1, 0.15) is 23.4 Å². The molecule has 4 saturated carbocycles. The fraction of sp³-hybridized carbons (Fsp3) is 0.464. The van der Waals surface area contributed by atoms with E-state index in [2.05, 4.69) is 10.3 Å². The largest absolute Gasteiger partial charge is 0.485 e. The molecule has 0 radical (unpaired) electrons. The van der Waals surface area contributed by atoms with E-state index >= 15 is 0 Å². The van der Waals surface area contributed by atoms with E-state index in [0.29, 0.717) is 23.1 Å². The maximum Gasteiger partial charge on any atom is 0.434 e. The molecule has 4 bridgehead atoms. The first-order valence-corrected chi connectivity index (χ1v) is 13.7. The van der Waals surface area contributed by atoms with E-state index in [9.17, 15) is 27.9 Å². The third-order valence-electron chi connectivity index (χ3n) is 8.53. The summed E-state index contributed by atoms with van der Waals surface area (Å²) >= 11 is 0.828. The van der Waals surface area contributed by atoms with Gasteiger partial charge in [0.25, 0.3) is 5.91 Å². The number of halogens is 3. The quantitative estimate of drug-likeness (QED) is 0.365. The van der Waals surface area contributed by atoms with E-state index in [4.69, 9.17) is 4.74 Å². The summed E-state index contributed by atoms with van der Waals surface area (Å²) in [5, 5.41) is 15.5. The second kappa shape index (κ2) is 9.25. The molecular formula is C28H27F3N2O4S. The first-order chi connectivity index (χ1) is 18.1. The normalized spacial score (nSPS) is 26.9. The van der Waals surface area contributed by atoms with Crippen LogP contribution < -0.4 is 10.1 Å². The lowest BCUT2D eigenvalue weighted by molar-refractivity contribution is -0.150. The lowest BCUT2D eigenvalue weighted by atomic mass is 9.47. The van der Waals surface area contributed by atoms with Crippen LogP contribution in [0.25, 0.3) is 10.8 Å². The number of fused-ring (bicyclic) bond motifs is 1. The fourth-order valence-corrected chi connectivity index (χ4v) is 8.15. The number of thiazole rings is 1. The van der Waals surface area contributed by atoms with Crippen molar-refractivity contribution in [2.75, 3.05) is 0 Å². The fourth-order valence-electron chi connectivity index (χ4n) is 7.44. The van der Waals surface area contributed by atoms with Gasteiger partial charge in [0.2, 0.25) is 0 Å². The molecule has 10 heteroatoms. The molecule has 4 fully saturated rings. The zero-order valence-corrected chi connectivity index (χ0v) is 21.3. The average Bonchev–Trinajstić information content (AvgIpc) is 3.34. The molecule has 6 nitrogen and oxygen atoms in total. The molecule has 1 heterocycles. The predicted octanol–water partition coefficient (Wildman–Crippen LogP) is 6.29. The van der Waals surface area contributed by atoms with Crippen LogP contribution in [0.4, 0.5) is 13.2 Å². The number of hydrogen-bond donors (Lipinski definition) is 2. The molecule has 2 aromatic carbocycles. The molecule has 0 spiro atoms. The van der Waals surface area contributed by atoms with E-state index in [0.717, 1.165) is 60.6 Å². The molecule has 1 atom stereocenters. The summed E-state index contributed by atoms with van der Waals surface area (Å²) < 4.78 is 44.9. The summed E-state index contributed by atoms with van der Waals surface area (Å²) in [6.45, 7) is -0.258. The Kier molecular flexibility index (Phi) is 6.13. The van der Waals surface area contributed by atoms with Crippen LogP contribution in [0.1, 0.15) is 59.6 Å². The number of amides is 1. The van der Waals surface area contributed by atoms with Crippen LogP contribution in [0.3, 0.4) is 0 Å². The highest BCUT2D eigenvalue weighted by atomic mass is 32.1. The topological polar surface area (TPSA) is 88.5 Å². The maximum atomic E-state index is 13.6. The molecule has 38 heavy (non-hydrogen) atoms. The number of aromatic nitrogens is 1. The van der Waals surface area contributed by atoms with Crippen molar-refractivity contribution in [1.82, 2.24) is 10.3 Å². The smallest absolute Gasteiger partial charge is 0.434 e. The summed E-state index contributed by atoms with van der Waals surface area (Å²) in [5.41, 5.74) is -1.30. The minimum absolute atomic E-state index is 0.119. The molecule has 3 aromatic rings. The molecule has 1 aromatic heterocycles. The van der Waals surface area contributed by atoms with Crippen molar-refractivity contribution in [2.24, 2.45) is 23.2 Å². The Bertz CT molecular complexity index is 1370. The van der Waals surface area contributed by atoms with E-state index in [1.807, 2.05) is 12.1 Å². The average molecular weight is 545 g/mol. The van der Waals surface area contributed by atoms with Gasteiger partial charge in [0, 0.05) is 16.2 Å². The number of carboxylic acid groups (broad SMARTS) is 1. The second-order valence-corrected chi connectivity index (χ2v) is 12.0. The number of nitrogens with one attached hydrogen (secondary N) is 1. The van der Waals surface area contributed by atoms with Crippen LogP contribution in [0, 0.1) is 23.2 Å². The third-order valence-corrected chi connectivity index (χ3v) is 9.35. The summed E-state index contributed by atoms with van der Waals surface area (Å²) in [5.74, 6) is 0.132. The van der Waals surface area contributed by atoms with Crippen molar-refractivity contribution in [3.8, 4) is 5.75 Å². The standard InChI is InChI=1S/C28H27F3N2O4S/c29-28(30,31)21-14-38-22(32-21)13-37-23-19-4-2-1-3-18(19)5-6-20(23)25(34)33-24(26(35)36)27-10-15-7-16(11-27)9-17(8-15)12-27/h1-6,14-17,24H,7-13H2,(H,33,34)(H,35,36). The molecule has 1 unspecified atom stereocenters. The molecule has 200 valence electrons. The molecule has 7 rings (SSSR count). The Morgan fingerprint density at radius 2 is 1.74 bits per heavy atom. The summed E-state index contributed by atoms with van der Waals surface area (Å²) in [7, 11) is 0. The molecule has 0 saturated heterocycles. The number of benzene rings is 2. The first kappa shape index (κ1) is 25.2. The SMILES string of the molecule is O=C(NC(C(=O)O)C12CC3CC(CC(C3)C1)C2)c1ccc2ccccc2c1OCc1nc(C(F)(F)F)cs1. The summed E-state index contributed by atoms with van der Waals surface area (Å²) in [4.78, 5) is 29.8. The number of carbonyl (C=O) groups excluding carboxylic acids is 1. The van der Waals surface area contributed by atoms with Crippen LogP contribution in [-0.2, 0) is 17.6 Å². The molecule has 0 aliphatic heterocycles. The third kappa shape index (κ3) is 4.52. The van der Waals surface area contributed by atoms with Crippen molar-refractivity contribution in [2.45, 2.75) is 57.3 Å². The number of carbonyl (C=O) groups is 2. The predicted molar refractivity (Wildman–Crippen MR) is 135 cm³/mol. The van der Waals surface area contributed by atoms with Crippen LogP contribution in [0.5, 0.6) is 5.75 Å². The van der Waals surface area contributed by atoms with Gasteiger partial charge in [0.05, 0.1) is 5.56 Å². The van der Waals surface area contributed by atoms with E-state index < -0.39 is 35.2 Å². The highest BCUT2D eigenvalue weighted by molar-refractivity contribution is 7.09. The Labute approximate surface area is 221 Å². The van der Waals surface area contributed by atoms with Gasteiger partial charge in [0.15, 0.2) is 5.69 Å². The Morgan fingerprint density at radius 3 is 2.34 bits per heavy atom. The Balaban J connectivity index is 1.30. The van der Waals surface area contributed by atoms with Gasteiger partial charge < -0.3 is 15.2 Å². The van der Waals surface area contributed by atoms with Crippen molar-refractivity contribution < 1.29 is 32.6 Å². The highest BCUT2D eigenvalue weighted by Gasteiger charge is 2.56. The number of ether oxygens (including phenoxy) is 1. The number of nitrogens with zero attached hydrogens (tertiary/aromatic N) is 1. The van der Waals surface area contributed by atoms with E-state index in [-0.39, 0.29) is 22.9 Å². The molecule has 2 N–H and O–H groups in total. The number of alkyl halides is 3. The van der Waals surface area contributed by atoms with Crippen molar-refractivity contribution in [1.29, 1.82) is 0 Å². The zero-order valence-electron chi connectivity index (χ0n) is 20.5. The highest BCUT2D eigenvalue weighted by Crippen LogP contribution is 2.61. The van der Waals surface area contributed by atoms with Gasteiger partial charge in [-0.15, -0.1) is 11.3 Å². The lowest BCUT2D eigenvalue weighted by Gasteiger charge is -2.58. The van der Waals surface area contributed by atoms with E-state index in [1.54, 1.807) is 24.3 Å². The van der Waals surface area contributed by atoms with Crippen molar-refractivity contribution in [3.63, 3.8) is 0 Å². The van der Waals surface area contributed by atoms with Crippen LogP contribution in [0.2, 0.25) is 0 Å². The summed E-state index contributed by atoms with van der Waals surface area (Å²) in [6.07, 6.45) is 1.32. The molecule has 4 aliphatic carbocycles. The van der Waals surface area contributed by atoms with Gasteiger partial charge in [-0.1, -0.05) is 30.3 Å². The molecular weight excluding hydrogens is 517 g/mol. The van der Waals surface area contributed by atoms with Gasteiger partial charge in [-0.25, -0.2) is 9.78 Å². The van der Waals surface area contributed by atoms with Gasteiger partial charge in [-0.2, -0.15) is 13.2 Å². The monoisotopic (exact) mass is 544 g/mol. The number of aliphatic carboxylic acids is 1. The van der Waals surface area contributed by atoms with Crippen LogP contribution in [-0.4, -0.2) is 28.0 Å². The second-order valence-electron chi connectivity index (χ2n) is 11.1. The molecule has 1 amide bonds.